The molecule has 0 atom stereocenters. The van der Waals surface area contributed by atoms with Crippen molar-refractivity contribution in [3.63, 3.8) is 0 Å². The largest absolute Gasteiger partial charge is 0.572 e. The van der Waals surface area contributed by atoms with Crippen molar-refractivity contribution >= 4 is 26.2 Å². The average molecular weight is 424 g/mol. The first kappa shape index (κ1) is 25.7. The highest BCUT2D eigenvalue weighted by Gasteiger charge is 2.56. The third-order valence-corrected chi connectivity index (χ3v) is 9.63. The summed E-state index contributed by atoms with van der Waals surface area (Å²) in [5, 5.41) is 0. The Balaban J connectivity index is 5.36. The molecule has 0 rings (SSSR count). The minimum absolute atomic E-state index is 0.144. The summed E-state index contributed by atoms with van der Waals surface area (Å²) < 4.78 is 65.4. The van der Waals surface area contributed by atoms with E-state index in [-0.39, 0.29) is 29.5 Å². The summed E-state index contributed by atoms with van der Waals surface area (Å²) in [7, 11) is -8.12. The van der Waals surface area contributed by atoms with Crippen molar-refractivity contribution in [3.8, 4) is 0 Å². The topological polar surface area (TPSA) is 64.0 Å². The van der Waals surface area contributed by atoms with Crippen LogP contribution in [0.2, 0.25) is 0 Å². The van der Waals surface area contributed by atoms with Gasteiger partial charge in [0.1, 0.15) is 5.78 Å². The van der Waals surface area contributed by atoms with Crippen LogP contribution < -0.4 is 0 Å². The van der Waals surface area contributed by atoms with Gasteiger partial charge in [0, 0.05) is 17.9 Å². The summed E-state index contributed by atoms with van der Waals surface area (Å²) in [5.41, 5.74) is -5.41. The number of carbonyl (C=O) groups is 1. The lowest BCUT2D eigenvalue weighted by molar-refractivity contribution is -0.116. The molecular formula is C17H34F3O4S2+. The highest BCUT2D eigenvalue weighted by atomic mass is 32.3. The minimum Gasteiger partial charge on any atom is -0.299 e. The third kappa shape index (κ3) is 9.60. The van der Waals surface area contributed by atoms with Crippen LogP contribution in [-0.2, 0) is 14.9 Å². The fraction of sp³-hybridized carbons (Fsp3) is 0.941. The molecule has 0 aliphatic rings. The molecule has 0 saturated heterocycles. The smallest absolute Gasteiger partial charge is 0.299 e. The van der Waals surface area contributed by atoms with E-state index < -0.39 is 25.9 Å². The Morgan fingerprint density at radius 3 is 1.77 bits per heavy atom. The molecule has 0 unspecified atom stereocenters. The van der Waals surface area contributed by atoms with Crippen molar-refractivity contribution in [2.45, 2.75) is 84.1 Å². The summed E-state index contributed by atoms with van der Waals surface area (Å²) in [5.74, 6) is 0.220. The molecule has 4 nitrogen and oxygen atoms in total. The number of rotatable bonds is 15. The van der Waals surface area contributed by atoms with E-state index in [4.69, 9.17) is 0 Å². The van der Waals surface area contributed by atoms with Crippen LogP contribution >= 0.6 is 10.3 Å². The van der Waals surface area contributed by atoms with Gasteiger partial charge in [-0.25, -0.2) is 0 Å². The predicted octanol–water partition coefficient (Wildman–Crippen LogP) is 5.79. The fourth-order valence-corrected chi connectivity index (χ4v) is 8.24. The van der Waals surface area contributed by atoms with Gasteiger partial charge in [-0.05, 0) is 29.6 Å². The molecule has 0 bridgehead atoms. The molecule has 0 aliphatic heterocycles. The molecule has 9 heteroatoms. The number of alkyl halides is 3. The average Bonchev–Trinajstić information content (AvgIpc) is 2.53. The van der Waals surface area contributed by atoms with E-state index >= 15 is 0 Å². The number of ketones is 1. The molecule has 0 amide bonds. The van der Waals surface area contributed by atoms with Crippen LogP contribution in [0.15, 0.2) is 0 Å². The van der Waals surface area contributed by atoms with Crippen LogP contribution in [0.25, 0.3) is 0 Å². The molecule has 0 aromatic heterocycles. The van der Waals surface area contributed by atoms with E-state index in [2.05, 4.69) is 3.63 Å². The Bertz CT molecular complexity index is 497. The van der Waals surface area contributed by atoms with Gasteiger partial charge in [-0.15, -0.1) is 8.42 Å². The Kier molecular flexibility index (Phi) is 12.1. The van der Waals surface area contributed by atoms with E-state index in [1.807, 2.05) is 20.8 Å². The van der Waals surface area contributed by atoms with Crippen LogP contribution in [0.4, 0.5) is 13.2 Å². The van der Waals surface area contributed by atoms with Crippen molar-refractivity contribution in [2.75, 3.05) is 17.3 Å². The van der Waals surface area contributed by atoms with E-state index in [9.17, 15) is 26.4 Å². The second kappa shape index (κ2) is 12.2. The number of carbonyl (C=O) groups excluding carboxylic acids is 1. The molecular weight excluding hydrogens is 389 g/mol. The standard InChI is InChI=1S/C17H33F3O4S2/c1-4-7-10-11-12-16(21)15-25(13-8-5-2,14-9-6-3)24-26(22,23)17(18,19)20/h4-15H2,1-3H3/p+1. The van der Waals surface area contributed by atoms with Gasteiger partial charge in [0.05, 0.1) is 5.75 Å². The van der Waals surface area contributed by atoms with Gasteiger partial charge in [0.25, 0.3) is 0 Å². The third-order valence-electron chi connectivity index (χ3n) is 4.04. The zero-order valence-electron chi connectivity index (χ0n) is 16.1. The lowest BCUT2D eigenvalue weighted by Gasteiger charge is -2.33. The van der Waals surface area contributed by atoms with Crippen molar-refractivity contribution in [1.82, 2.24) is 0 Å². The van der Waals surface area contributed by atoms with Gasteiger partial charge in [0.2, 0.25) is 0 Å². The lowest BCUT2D eigenvalue weighted by Crippen LogP contribution is -2.34. The molecule has 0 heterocycles. The molecule has 0 radical (unpaired) electrons. The van der Waals surface area contributed by atoms with Gasteiger partial charge in [0.15, 0.2) is 0 Å². The van der Waals surface area contributed by atoms with E-state index in [0.717, 1.165) is 19.3 Å². The van der Waals surface area contributed by atoms with Crippen molar-refractivity contribution in [3.05, 3.63) is 0 Å². The SMILES string of the molecule is CCCCCCC(=O)CS(CCCC)(CCCC)[OH+]S(=O)(=O)C(F)(F)F. The Morgan fingerprint density at radius 2 is 1.35 bits per heavy atom. The number of Topliss-reactive ketones (excluding diaryl/α,β-unsaturated/α-hetero) is 1. The predicted molar refractivity (Wildman–Crippen MR) is 103 cm³/mol. The zero-order chi connectivity index (χ0) is 20.3. The van der Waals surface area contributed by atoms with Crippen molar-refractivity contribution in [2.24, 2.45) is 0 Å². The lowest BCUT2D eigenvalue weighted by atomic mass is 10.1. The Labute approximate surface area is 157 Å². The van der Waals surface area contributed by atoms with Gasteiger partial charge in [-0.2, -0.15) is 13.2 Å². The number of hydrogen-bond acceptors (Lipinski definition) is 3. The highest BCUT2D eigenvalue weighted by molar-refractivity contribution is 8.32. The molecule has 26 heavy (non-hydrogen) atoms. The Hall–Kier alpha value is -0.280. The number of halogens is 3. The second-order valence-corrected chi connectivity index (χ2v) is 11.7. The van der Waals surface area contributed by atoms with Crippen molar-refractivity contribution < 1.29 is 30.0 Å². The van der Waals surface area contributed by atoms with Crippen LogP contribution in [0.5, 0.6) is 0 Å². The normalized spacial score (nSPS) is 13.8. The van der Waals surface area contributed by atoms with E-state index in [1.165, 1.54) is 0 Å². The molecule has 0 spiro atoms. The highest BCUT2D eigenvalue weighted by Crippen LogP contribution is 2.52. The van der Waals surface area contributed by atoms with Gasteiger partial charge in [-0.3, -0.25) is 8.42 Å². The number of unbranched alkanes of at least 4 members (excludes halogenated alkanes) is 5. The maximum absolute atomic E-state index is 12.9. The first-order valence-electron chi connectivity index (χ1n) is 9.37. The van der Waals surface area contributed by atoms with Gasteiger partial charge >= 0.3 is 15.6 Å². The maximum Gasteiger partial charge on any atom is 0.572 e. The quantitative estimate of drug-likeness (QED) is 0.145. The van der Waals surface area contributed by atoms with Crippen molar-refractivity contribution in [1.29, 1.82) is 0 Å². The van der Waals surface area contributed by atoms with Gasteiger partial charge < -0.3 is 0 Å². The first-order valence-corrected chi connectivity index (χ1v) is 12.9. The minimum atomic E-state index is -5.58. The summed E-state index contributed by atoms with van der Waals surface area (Å²) in [6.45, 7) is 5.82. The van der Waals surface area contributed by atoms with Crippen LogP contribution in [0.3, 0.4) is 0 Å². The van der Waals surface area contributed by atoms with Crippen LogP contribution in [-0.4, -0.2) is 40.6 Å². The fourth-order valence-electron chi connectivity index (χ4n) is 2.54. The molecule has 0 aromatic carbocycles. The van der Waals surface area contributed by atoms with E-state index in [0.29, 0.717) is 32.1 Å². The first-order chi connectivity index (χ1) is 12.0. The van der Waals surface area contributed by atoms with Crippen LogP contribution in [0.1, 0.15) is 78.6 Å². The monoisotopic (exact) mass is 423 g/mol. The zero-order valence-corrected chi connectivity index (χ0v) is 17.7. The molecule has 0 saturated carbocycles. The molecule has 0 aromatic rings. The summed E-state index contributed by atoms with van der Waals surface area (Å²) in [6.07, 6.45) is 6.47. The molecule has 0 aliphatic carbocycles. The summed E-state index contributed by atoms with van der Waals surface area (Å²) in [6, 6.07) is 0. The summed E-state index contributed by atoms with van der Waals surface area (Å²) in [4.78, 5) is 12.4. The van der Waals surface area contributed by atoms with E-state index in [1.54, 1.807) is 0 Å². The maximum atomic E-state index is 12.9. The molecule has 158 valence electrons. The summed E-state index contributed by atoms with van der Waals surface area (Å²) >= 11 is 0. The second-order valence-electron chi connectivity index (χ2n) is 6.60. The van der Waals surface area contributed by atoms with Gasteiger partial charge in [-0.1, -0.05) is 52.9 Å². The number of hydrogen-bond donors (Lipinski definition) is 0. The molecule has 1 N–H and O–H groups in total. The Morgan fingerprint density at radius 1 is 0.846 bits per heavy atom. The molecule has 0 fully saturated rings. The van der Waals surface area contributed by atoms with Crippen LogP contribution in [0, 0.1) is 0 Å².